The van der Waals surface area contributed by atoms with Gasteiger partial charge in [0.05, 0.1) is 30.1 Å². The molecule has 170 valence electrons. The summed E-state index contributed by atoms with van der Waals surface area (Å²) in [6, 6.07) is 4.97. The molecule has 1 saturated heterocycles. The smallest absolute Gasteiger partial charge is 0.239 e. The zero-order valence-corrected chi connectivity index (χ0v) is 17.7. The lowest BCUT2D eigenvalue weighted by atomic mass is 9.91. The largest absolute Gasteiger partial charge is 0.508 e. The SMILES string of the molecule is C[C@]1(O)C[C@@H](O)CN(C(=O)[C@@H](N)Cc2ccc(O)cc2)C[C@@H]1n1cnc2c(N)ncnc21. The minimum absolute atomic E-state index is 0.0402. The van der Waals surface area contributed by atoms with Crippen LogP contribution in [0.3, 0.4) is 0 Å². The third-order valence-corrected chi connectivity index (χ3v) is 5.93. The first-order valence-electron chi connectivity index (χ1n) is 10.3. The Labute approximate surface area is 184 Å². The van der Waals surface area contributed by atoms with Gasteiger partial charge in [-0.25, -0.2) is 15.0 Å². The number of nitrogen functional groups attached to an aromatic ring is 1. The number of rotatable bonds is 4. The number of likely N-dealkylation sites (tertiary alicyclic amines) is 1. The number of aliphatic hydroxyl groups excluding tert-OH is 1. The van der Waals surface area contributed by atoms with E-state index in [2.05, 4.69) is 15.0 Å². The van der Waals surface area contributed by atoms with Gasteiger partial charge in [0.15, 0.2) is 11.5 Å². The fourth-order valence-corrected chi connectivity index (χ4v) is 4.29. The van der Waals surface area contributed by atoms with E-state index >= 15 is 0 Å². The van der Waals surface area contributed by atoms with Gasteiger partial charge in [-0.3, -0.25) is 4.79 Å². The van der Waals surface area contributed by atoms with Gasteiger partial charge in [0.1, 0.15) is 17.6 Å². The number of phenolic OH excluding ortho intramolecular Hbond substituents is 1. The summed E-state index contributed by atoms with van der Waals surface area (Å²) in [6.07, 6.45) is 2.20. The van der Waals surface area contributed by atoms with Crippen molar-refractivity contribution in [3.63, 3.8) is 0 Å². The molecule has 0 spiro atoms. The molecule has 1 amide bonds. The number of aromatic hydroxyl groups is 1. The summed E-state index contributed by atoms with van der Waals surface area (Å²) in [7, 11) is 0. The van der Waals surface area contributed by atoms with Crippen LogP contribution in [-0.2, 0) is 11.2 Å². The first-order valence-corrected chi connectivity index (χ1v) is 10.3. The molecule has 0 radical (unpaired) electrons. The summed E-state index contributed by atoms with van der Waals surface area (Å²) >= 11 is 0. The van der Waals surface area contributed by atoms with Gasteiger partial charge in [0, 0.05) is 19.5 Å². The Morgan fingerprint density at radius 1 is 1.25 bits per heavy atom. The number of phenols is 1. The molecule has 2 aromatic heterocycles. The molecule has 11 nitrogen and oxygen atoms in total. The van der Waals surface area contributed by atoms with Crippen LogP contribution < -0.4 is 11.5 Å². The molecule has 1 aliphatic heterocycles. The van der Waals surface area contributed by atoms with E-state index in [1.165, 1.54) is 29.7 Å². The topological polar surface area (TPSA) is 177 Å². The molecule has 4 atom stereocenters. The summed E-state index contributed by atoms with van der Waals surface area (Å²) in [4.78, 5) is 27.1. The summed E-state index contributed by atoms with van der Waals surface area (Å²) in [5, 5.41) is 31.2. The van der Waals surface area contributed by atoms with Gasteiger partial charge in [-0.05, 0) is 31.0 Å². The van der Waals surface area contributed by atoms with Crippen molar-refractivity contribution < 1.29 is 20.1 Å². The molecule has 0 aliphatic carbocycles. The van der Waals surface area contributed by atoms with Crippen LogP contribution in [0.25, 0.3) is 11.2 Å². The third kappa shape index (κ3) is 4.22. The normalized spacial score (nSPS) is 24.9. The Morgan fingerprint density at radius 2 is 1.97 bits per heavy atom. The maximum Gasteiger partial charge on any atom is 0.239 e. The lowest BCUT2D eigenvalue weighted by molar-refractivity contribution is -0.134. The van der Waals surface area contributed by atoms with Gasteiger partial charge in [-0.15, -0.1) is 0 Å². The molecule has 3 aromatic rings. The van der Waals surface area contributed by atoms with Crippen molar-refractivity contribution in [2.24, 2.45) is 5.73 Å². The van der Waals surface area contributed by atoms with E-state index in [1.807, 2.05) is 0 Å². The fraction of sp³-hybridized carbons (Fsp3) is 0.429. The van der Waals surface area contributed by atoms with Crippen molar-refractivity contribution in [3.8, 4) is 5.75 Å². The predicted octanol–water partition coefficient (Wildman–Crippen LogP) is -0.431. The number of amides is 1. The van der Waals surface area contributed by atoms with Crippen LogP contribution in [0.5, 0.6) is 5.75 Å². The van der Waals surface area contributed by atoms with Crippen LogP contribution >= 0.6 is 0 Å². The lowest BCUT2D eigenvalue weighted by Gasteiger charge is -2.34. The molecule has 1 fully saturated rings. The highest BCUT2D eigenvalue weighted by Gasteiger charge is 2.42. The Hall–Kier alpha value is -3.28. The van der Waals surface area contributed by atoms with E-state index < -0.39 is 23.8 Å². The van der Waals surface area contributed by atoms with Crippen LogP contribution in [-0.4, -0.2) is 76.5 Å². The number of nitrogens with zero attached hydrogens (tertiary/aromatic N) is 5. The molecule has 3 heterocycles. The Bertz CT molecular complexity index is 1120. The van der Waals surface area contributed by atoms with Crippen molar-refractivity contribution in [2.45, 2.75) is 43.6 Å². The number of aliphatic hydroxyl groups is 2. The van der Waals surface area contributed by atoms with E-state index in [4.69, 9.17) is 11.5 Å². The lowest BCUT2D eigenvalue weighted by Crippen LogP contribution is -2.49. The first kappa shape index (κ1) is 21.9. The van der Waals surface area contributed by atoms with Gasteiger partial charge in [0.25, 0.3) is 0 Å². The second-order valence-corrected chi connectivity index (χ2v) is 8.53. The van der Waals surface area contributed by atoms with E-state index in [0.29, 0.717) is 11.2 Å². The number of hydrogen-bond donors (Lipinski definition) is 5. The highest BCUT2D eigenvalue weighted by atomic mass is 16.3. The van der Waals surface area contributed by atoms with Crippen molar-refractivity contribution >= 4 is 22.9 Å². The number of imidazole rings is 1. The van der Waals surface area contributed by atoms with E-state index in [-0.39, 0.29) is 43.4 Å². The monoisotopic (exact) mass is 441 g/mol. The molecule has 0 unspecified atom stereocenters. The number of anilines is 1. The molecule has 4 rings (SSSR count). The summed E-state index contributed by atoms with van der Waals surface area (Å²) in [5.74, 6) is -0.00402. The molecule has 11 heteroatoms. The summed E-state index contributed by atoms with van der Waals surface area (Å²) in [5.41, 5.74) is 12.4. The summed E-state index contributed by atoms with van der Waals surface area (Å²) in [6.45, 7) is 1.75. The second-order valence-electron chi connectivity index (χ2n) is 8.53. The highest BCUT2D eigenvalue weighted by molar-refractivity contribution is 5.83. The number of carbonyl (C=O) groups excluding carboxylic acids is 1. The molecule has 0 bridgehead atoms. The Morgan fingerprint density at radius 3 is 2.69 bits per heavy atom. The standard InChI is InChI=1S/C21H27N7O4/c1-21(32)7-14(30)8-27(20(31)15(22)6-12-2-4-13(29)5-3-12)9-16(21)28-11-26-17-18(23)24-10-25-19(17)28/h2-5,10-11,14-16,29-30,32H,6-9,22H2,1H3,(H2,23,24,25)/t14-,15+,16+,21+/m1/s1. The molecule has 0 saturated carbocycles. The fourth-order valence-electron chi connectivity index (χ4n) is 4.29. The van der Waals surface area contributed by atoms with Crippen LogP contribution in [0.15, 0.2) is 36.9 Å². The van der Waals surface area contributed by atoms with Crippen LogP contribution in [0.1, 0.15) is 24.9 Å². The third-order valence-electron chi connectivity index (χ3n) is 5.93. The van der Waals surface area contributed by atoms with Gasteiger partial charge in [-0.1, -0.05) is 12.1 Å². The molecular formula is C21H27N7O4. The predicted molar refractivity (Wildman–Crippen MR) is 116 cm³/mol. The van der Waals surface area contributed by atoms with Gasteiger partial charge in [-0.2, -0.15) is 0 Å². The molecule has 7 N–H and O–H groups in total. The average Bonchev–Trinajstić information content (AvgIpc) is 3.11. The number of benzene rings is 1. The first-order chi connectivity index (χ1) is 15.2. The number of β-amino-alcohol motifs (C(OH)–C–C–N with tert-alkyl or cyclic N) is 1. The number of fused-ring (bicyclic) bond motifs is 1. The minimum atomic E-state index is -1.36. The minimum Gasteiger partial charge on any atom is -0.508 e. The molecule has 1 aromatic carbocycles. The number of hydrogen-bond acceptors (Lipinski definition) is 9. The van der Waals surface area contributed by atoms with Crippen LogP contribution in [0, 0.1) is 0 Å². The van der Waals surface area contributed by atoms with E-state index in [9.17, 15) is 20.1 Å². The highest BCUT2D eigenvalue weighted by Crippen LogP contribution is 2.34. The molecule has 1 aliphatic rings. The van der Waals surface area contributed by atoms with Crippen molar-refractivity contribution in [1.82, 2.24) is 24.4 Å². The van der Waals surface area contributed by atoms with Crippen LogP contribution in [0.4, 0.5) is 5.82 Å². The maximum atomic E-state index is 13.2. The number of aromatic nitrogens is 4. The zero-order valence-electron chi connectivity index (χ0n) is 17.7. The Kier molecular flexibility index (Phi) is 5.71. The van der Waals surface area contributed by atoms with Crippen molar-refractivity contribution in [2.75, 3.05) is 18.8 Å². The second kappa shape index (κ2) is 8.34. The van der Waals surface area contributed by atoms with Gasteiger partial charge < -0.3 is 36.3 Å². The Balaban J connectivity index is 1.62. The molecular weight excluding hydrogens is 414 g/mol. The number of nitrogens with two attached hydrogens (primary N) is 2. The van der Waals surface area contributed by atoms with Gasteiger partial charge >= 0.3 is 0 Å². The van der Waals surface area contributed by atoms with Crippen molar-refractivity contribution in [1.29, 1.82) is 0 Å². The molecule has 32 heavy (non-hydrogen) atoms. The maximum absolute atomic E-state index is 13.2. The van der Waals surface area contributed by atoms with E-state index in [0.717, 1.165) is 5.56 Å². The van der Waals surface area contributed by atoms with Gasteiger partial charge in [0.2, 0.25) is 5.91 Å². The average molecular weight is 441 g/mol. The number of carbonyl (C=O) groups is 1. The van der Waals surface area contributed by atoms with Crippen LogP contribution in [0.2, 0.25) is 0 Å². The quantitative estimate of drug-likeness (QED) is 0.359. The van der Waals surface area contributed by atoms with E-state index in [1.54, 1.807) is 23.6 Å². The van der Waals surface area contributed by atoms with Crippen molar-refractivity contribution in [3.05, 3.63) is 42.5 Å². The summed E-state index contributed by atoms with van der Waals surface area (Å²) < 4.78 is 1.66. The zero-order chi connectivity index (χ0) is 23.0.